The highest BCUT2D eigenvalue weighted by molar-refractivity contribution is 6.26. The molecule has 0 fully saturated rings. The minimum atomic E-state index is 0.195. The highest BCUT2D eigenvalue weighted by Gasteiger charge is 2.12. The Morgan fingerprint density at radius 1 is 0.258 bits per heavy atom. The molecule has 0 heterocycles. The molecule has 0 spiro atoms. The normalized spacial score (nSPS) is 12.4. The second-order valence-electron chi connectivity index (χ2n) is 15.4. The van der Waals surface area contributed by atoms with Crippen molar-refractivity contribution in [1.82, 2.24) is 0 Å². The number of rotatable bonds is 6. The van der Waals surface area contributed by atoms with Crippen LogP contribution in [0.2, 0.25) is 0 Å². The number of phenols is 2. The summed E-state index contributed by atoms with van der Waals surface area (Å²) < 4.78 is 0. The summed E-state index contributed by atoms with van der Waals surface area (Å²) >= 11 is 0. The predicted molar refractivity (Wildman–Crippen MR) is 262 cm³/mol. The van der Waals surface area contributed by atoms with Crippen molar-refractivity contribution < 1.29 is 10.2 Å². The molecule has 0 saturated carbocycles. The van der Waals surface area contributed by atoms with Crippen LogP contribution in [-0.4, -0.2) is 35.1 Å². The predicted octanol–water partition coefficient (Wildman–Crippen LogP) is 13.8. The van der Waals surface area contributed by atoms with E-state index in [0.29, 0.717) is 11.1 Å². The molecule has 2 N–H and O–H groups in total. The highest BCUT2D eigenvalue weighted by Crippen LogP contribution is 2.37. The summed E-state index contributed by atoms with van der Waals surface area (Å²) in [5, 5.41) is 56.5. The van der Waals surface area contributed by atoms with Crippen molar-refractivity contribution in [3.8, 4) is 11.5 Å². The molecule has 0 atom stereocenters. The molecule has 0 unspecified atom stereocenters. The van der Waals surface area contributed by atoms with Crippen molar-refractivity contribution in [3.63, 3.8) is 0 Å². The zero-order chi connectivity index (χ0) is 41.6. The fraction of sp³-hybridized carbons (Fsp3) is 0. The zero-order valence-electron chi connectivity index (χ0n) is 33.3. The summed E-state index contributed by atoms with van der Waals surface area (Å²) in [6.07, 6.45) is 6.79. The number of hydrogen-bond donors (Lipinski definition) is 2. The van der Waals surface area contributed by atoms with Gasteiger partial charge in [0.1, 0.15) is 11.5 Å². The van der Waals surface area contributed by atoms with E-state index in [1.54, 1.807) is 37.0 Å². The SMILES string of the molecule is Oc1ccc2ccccc2c1/C=N/N=C/c1ccc2ccc3cccc4ccc1c2c34.Oc1ccc2ccccc2c1/C=N/N=C/c1ccc2ccc3cccc4ccc1c2c34. The third-order valence-electron chi connectivity index (χ3n) is 11.9. The Morgan fingerprint density at radius 3 is 1.02 bits per heavy atom. The van der Waals surface area contributed by atoms with Crippen LogP contribution in [0.1, 0.15) is 22.3 Å². The molecule has 6 nitrogen and oxygen atoms in total. The third kappa shape index (κ3) is 6.38. The molecule has 0 aliphatic carbocycles. The Bertz CT molecular complexity index is 3510. The number of nitrogens with zero attached hydrogens (tertiary/aromatic N) is 4. The molecule has 0 bridgehead atoms. The second kappa shape index (κ2) is 15.3. The van der Waals surface area contributed by atoms with Crippen LogP contribution in [0.15, 0.2) is 202 Å². The van der Waals surface area contributed by atoms with E-state index in [2.05, 4.69) is 130 Å². The Labute approximate surface area is 356 Å². The lowest BCUT2D eigenvalue weighted by molar-refractivity contribution is 0.475. The Balaban J connectivity index is 0.000000139. The Kier molecular flexibility index (Phi) is 9.02. The van der Waals surface area contributed by atoms with Crippen LogP contribution in [-0.2, 0) is 0 Å². The average molecular weight is 797 g/mol. The summed E-state index contributed by atoms with van der Waals surface area (Å²) in [6, 6.07) is 61.6. The molecule has 62 heavy (non-hydrogen) atoms. The topological polar surface area (TPSA) is 89.9 Å². The summed E-state index contributed by atoms with van der Waals surface area (Å²) in [4.78, 5) is 0. The van der Waals surface area contributed by atoms with Gasteiger partial charge in [-0.15, -0.1) is 0 Å². The molecule has 0 aliphatic rings. The third-order valence-corrected chi connectivity index (χ3v) is 11.9. The summed E-state index contributed by atoms with van der Waals surface area (Å²) in [6.45, 7) is 0. The first kappa shape index (κ1) is 36.6. The minimum Gasteiger partial charge on any atom is -0.507 e. The monoisotopic (exact) mass is 796 g/mol. The van der Waals surface area contributed by atoms with Crippen LogP contribution in [0.3, 0.4) is 0 Å². The lowest BCUT2D eigenvalue weighted by atomic mass is 9.92. The van der Waals surface area contributed by atoms with E-state index in [4.69, 9.17) is 0 Å². The molecule has 0 saturated heterocycles. The molecule has 12 rings (SSSR count). The maximum absolute atomic E-state index is 10.3. The number of benzene rings is 12. The van der Waals surface area contributed by atoms with E-state index in [9.17, 15) is 10.2 Å². The minimum absolute atomic E-state index is 0.195. The van der Waals surface area contributed by atoms with Crippen molar-refractivity contribution in [2.24, 2.45) is 20.4 Å². The van der Waals surface area contributed by atoms with Crippen LogP contribution < -0.4 is 0 Å². The van der Waals surface area contributed by atoms with Crippen LogP contribution in [0.25, 0.3) is 86.2 Å². The first-order chi connectivity index (χ1) is 30.6. The van der Waals surface area contributed by atoms with Gasteiger partial charge in [-0.25, -0.2) is 0 Å². The molecule has 12 aromatic rings. The van der Waals surface area contributed by atoms with E-state index < -0.39 is 0 Å². The maximum atomic E-state index is 10.3. The summed E-state index contributed by atoms with van der Waals surface area (Å²) in [5.74, 6) is 0.390. The van der Waals surface area contributed by atoms with Gasteiger partial charge in [0.05, 0.1) is 24.9 Å². The molecular weight excluding hydrogens is 761 g/mol. The second-order valence-corrected chi connectivity index (χ2v) is 15.4. The summed E-state index contributed by atoms with van der Waals surface area (Å²) in [5.41, 5.74) is 3.38. The Hall–Kier alpha value is -8.48. The van der Waals surface area contributed by atoms with Crippen molar-refractivity contribution in [2.75, 3.05) is 0 Å². The standard InChI is InChI=1S/2C28H18N2O/c2*31-26-15-13-18-4-1-2-7-23(18)25(26)17-30-29-16-22-11-10-21-9-8-19-5-3-6-20-12-14-24(22)28(21)27(19)20/h2*1-17,31H/b2*29-16+,30-17+. The molecule has 6 heteroatoms. The number of phenolic OH excluding ortho intramolecular Hbond substituents is 2. The highest BCUT2D eigenvalue weighted by atomic mass is 16.3. The average Bonchev–Trinajstić information content (AvgIpc) is 3.32. The van der Waals surface area contributed by atoms with Gasteiger partial charge in [-0.1, -0.05) is 170 Å². The van der Waals surface area contributed by atoms with Crippen LogP contribution in [0.4, 0.5) is 0 Å². The quantitative estimate of drug-likeness (QED) is 0.0997. The molecular formula is C56H36N4O2. The molecule has 0 radical (unpaired) electrons. The first-order valence-electron chi connectivity index (χ1n) is 20.5. The lowest BCUT2D eigenvalue weighted by Crippen LogP contribution is -1.89. The molecule has 292 valence electrons. The largest absolute Gasteiger partial charge is 0.507 e. The van der Waals surface area contributed by atoms with E-state index >= 15 is 0 Å². The van der Waals surface area contributed by atoms with Gasteiger partial charge in [-0.2, -0.15) is 20.4 Å². The van der Waals surface area contributed by atoms with E-state index in [1.807, 2.05) is 60.7 Å². The number of aromatic hydroxyl groups is 2. The zero-order valence-corrected chi connectivity index (χ0v) is 33.3. The first-order valence-corrected chi connectivity index (χ1v) is 20.5. The number of fused-ring (bicyclic) bond motifs is 2. The van der Waals surface area contributed by atoms with Gasteiger partial charge >= 0.3 is 0 Å². The van der Waals surface area contributed by atoms with Gasteiger partial charge in [-0.05, 0) is 98.3 Å². The van der Waals surface area contributed by atoms with Crippen molar-refractivity contribution in [2.45, 2.75) is 0 Å². The summed E-state index contributed by atoms with van der Waals surface area (Å²) in [7, 11) is 0. The molecule has 12 aromatic carbocycles. The van der Waals surface area contributed by atoms with Crippen molar-refractivity contribution in [3.05, 3.63) is 204 Å². The van der Waals surface area contributed by atoms with E-state index in [0.717, 1.165) is 43.4 Å². The van der Waals surface area contributed by atoms with Gasteiger partial charge < -0.3 is 10.2 Å². The van der Waals surface area contributed by atoms with Crippen LogP contribution in [0.5, 0.6) is 11.5 Å². The number of hydrogen-bond acceptors (Lipinski definition) is 6. The van der Waals surface area contributed by atoms with Crippen LogP contribution >= 0.6 is 0 Å². The Morgan fingerprint density at radius 2 is 0.581 bits per heavy atom. The molecule has 0 amide bonds. The van der Waals surface area contributed by atoms with E-state index in [-0.39, 0.29) is 11.5 Å². The van der Waals surface area contributed by atoms with Gasteiger partial charge in [0.15, 0.2) is 0 Å². The molecule has 0 aromatic heterocycles. The fourth-order valence-corrected chi connectivity index (χ4v) is 8.95. The molecule has 0 aliphatic heterocycles. The maximum Gasteiger partial charge on any atom is 0.125 e. The van der Waals surface area contributed by atoms with Crippen molar-refractivity contribution in [1.29, 1.82) is 0 Å². The van der Waals surface area contributed by atoms with Gasteiger partial charge in [-0.3, -0.25) is 0 Å². The van der Waals surface area contributed by atoms with Crippen molar-refractivity contribution >= 4 is 111 Å². The fourth-order valence-electron chi connectivity index (χ4n) is 8.95. The smallest absolute Gasteiger partial charge is 0.125 e. The van der Waals surface area contributed by atoms with Gasteiger partial charge in [0.25, 0.3) is 0 Å². The lowest BCUT2D eigenvalue weighted by Gasteiger charge is -2.11. The van der Waals surface area contributed by atoms with E-state index in [1.165, 1.54) is 53.9 Å². The van der Waals surface area contributed by atoms with Gasteiger partial charge in [0.2, 0.25) is 0 Å². The van der Waals surface area contributed by atoms with Crippen LogP contribution in [0, 0.1) is 0 Å². The van der Waals surface area contributed by atoms with Gasteiger partial charge in [0, 0.05) is 22.3 Å².